The van der Waals surface area contributed by atoms with E-state index in [0.717, 1.165) is 24.2 Å². The molecule has 0 radical (unpaired) electrons. The van der Waals surface area contributed by atoms with Crippen molar-refractivity contribution in [1.82, 2.24) is 15.2 Å². The van der Waals surface area contributed by atoms with Crippen LogP contribution in [0.4, 0.5) is 0 Å². The van der Waals surface area contributed by atoms with Crippen LogP contribution in [-0.2, 0) is 10.2 Å². The summed E-state index contributed by atoms with van der Waals surface area (Å²) in [5, 5.41) is 2.70. The van der Waals surface area contributed by atoms with Crippen LogP contribution in [0.1, 0.15) is 35.2 Å². The minimum Gasteiger partial charge on any atom is -0.480 e. The minimum atomic E-state index is -0.495. The number of carbonyl (C=O) groups excluding carboxylic acids is 2. The molecule has 6 heteroatoms. The zero-order valence-corrected chi connectivity index (χ0v) is 15.4. The molecule has 0 aliphatic carbocycles. The first kappa shape index (κ1) is 17.5. The molecule has 1 aromatic heterocycles. The summed E-state index contributed by atoms with van der Waals surface area (Å²) in [7, 11) is 1.63. The zero-order chi connectivity index (χ0) is 18.9. The third kappa shape index (κ3) is 3.16. The van der Waals surface area contributed by atoms with Gasteiger partial charge >= 0.3 is 0 Å². The molecule has 1 unspecified atom stereocenters. The third-order valence-corrected chi connectivity index (χ3v) is 5.76. The third-order valence-electron chi connectivity index (χ3n) is 5.76. The minimum absolute atomic E-state index is 0.0149. The molecule has 1 N–H and O–H groups in total. The Morgan fingerprint density at radius 3 is 2.67 bits per heavy atom. The van der Waals surface area contributed by atoms with Crippen LogP contribution < -0.4 is 10.1 Å². The largest absolute Gasteiger partial charge is 0.480 e. The molecule has 0 bridgehead atoms. The van der Waals surface area contributed by atoms with Crippen LogP contribution in [0.5, 0.6) is 5.75 Å². The molecular formula is C21H23N3O3. The molecule has 1 atom stereocenters. The number of rotatable bonds is 2. The highest BCUT2D eigenvalue weighted by atomic mass is 16.5. The van der Waals surface area contributed by atoms with Gasteiger partial charge in [-0.2, -0.15) is 0 Å². The lowest BCUT2D eigenvalue weighted by Gasteiger charge is -2.46. The maximum absolute atomic E-state index is 12.7. The quantitative estimate of drug-likeness (QED) is 0.885. The molecule has 2 aliphatic heterocycles. The van der Waals surface area contributed by atoms with Gasteiger partial charge in [0.2, 0.25) is 0 Å². The molecule has 4 rings (SSSR count). The highest BCUT2D eigenvalue weighted by Crippen LogP contribution is 2.47. The molecule has 140 valence electrons. The van der Waals surface area contributed by atoms with Gasteiger partial charge in [0, 0.05) is 49.9 Å². The normalized spacial score (nSPS) is 20.5. The number of likely N-dealkylation sites (tertiary alicyclic amines) is 1. The lowest BCUT2D eigenvalue weighted by atomic mass is 9.67. The predicted molar refractivity (Wildman–Crippen MR) is 101 cm³/mol. The maximum atomic E-state index is 12.7. The molecule has 1 spiro atoms. The Hall–Kier alpha value is -2.89. The van der Waals surface area contributed by atoms with Crippen LogP contribution in [0.3, 0.4) is 0 Å². The molecule has 2 amide bonds. The van der Waals surface area contributed by atoms with Gasteiger partial charge in [-0.25, -0.2) is 0 Å². The van der Waals surface area contributed by atoms with Gasteiger partial charge in [0.1, 0.15) is 5.75 Å². The topological polar surface area (TPSA) is 71.5 Å². The number of para-hydroxylation sites is 1. The predicted octanol–water partition coefficient (Wildman–Crippen LogP) is 2.15. The van der Waals surface area contributed by atoms with E-state index < -0.39 is 6.10 Å². The van der Waals surface area contributed by atoms with E-state index in [0.29, 0.717) is 25.1 Å². The molecular weight excluding hydrogens is 342 g/mol. The van der Waals surface area contributed by atoms with E-state index in [9.17, 15) is 9.59 Å². The summed E-state index contributed by atoms with van der Waals surface area (Å²) in [5.74, 6) is 0.697. The van der Waals surface area contributed by atoms with E-state index in [1.54, 1.807) is 31.6 Å². The van der Waals surface area contributed by atoms with Gasteiger partial charge in [-0.1, -0.05) is 18.2 Å². The number of benzene rings is 1. The van der Waals surface area contributed by atoms with Gasteiger partial charge in [-0.3, -0.25) is 14.6 Å². The second kappa shape index (κ2) is 7.02. The summed E-state index contributed by atoms with van der Waals surface area (Å²) < 4.78 is 5.95. The number of ether oxygens (including phenoxy) is 1. The number of amides is 2. The van der Waals surface area contributed by atoms with Crippen molar-refractivity contribution in [1.29, 1.82) is 0 Å². The van der Waals surface area contributed by atoms with Gasteiger partial charge in [0.25, 0.3) is 11.8 Å². The van der Waals surface area contributed by atoms with Crippen LogP contribution in [0.2, 0.25) is 0 Å². The SMILES string of the molecule is CNC(=O)C1CC2(CCN(C(=O)c3cccnc3)CC2)c2ccccc2O1. The fraction of sp³-hybridized carbons (Fsp3) is 0.381. The summed E-state index contributed by atoms with van der Waals surface area (Å²) in [4.78, 5) is 30.9. The Morgan fingerprint density at radius 1 is 1.19 bits per heavy atom. The van der Waals surface area contributed by atoms with E-state index in [4.69, 9.17) is 4.74 Å². The van der Waals surface area contributed by atoms with Gasteiger partial charge in [0.15, 0.2) is 6.10 Å². The summed E-state index contributed by atoms with van der Waals surface area (Å²) in [6.45, 7) is 1.31. The van der Waals surface area contributed by atoms with E-state index in [1.807, 2.05) is 23.1 Å². The summed E-state index contributed by atoms with van der Waals surface area (Å²) in [6, 6.07) is 11.5. The van der Waals surface area contributed by atoms with Crippen molar-refractivity contribution in [2.75, 3.05) is 20.1 Å². The smallest absolute Gasteiger partial charge is 0.260 e. The van der Waals surface area contributed by atoms with Crippen molar-refractivity contribution in [2.24, 2.45) is 0 Å². The molecule has 2 aliphatic rings. The molecule has 1 fully saturated rings. The maximum Gasteiger partial charge on any atom is 0.260 e. The highest BCUT2D eigenvalue weighted by Gasteiger charge is 2.46. The summed E-state index contributed by atoms with van der Waals surface area (Å²) >= 11 is 0. The average Bonchev–Trinajstić information content (AvgIpc) is 2.74. The fourth-order valence-electron chi connectivity index (χ4n) is 4.26. The first-order valence-corrected chi connectivity index (χ1v) is 9.30. The number of carbonyl (C=O) groups is 2. The molecule has 1 aromatic carbocycles. The van der Waals surface area contributed by atoms with Crippen molar-refractivity contribution in [3.8, 4) is 5.75 Å². The summed E-state index contributed by atoms with van der Waals surface area (Å²) in [5.41, 5.74) is 1.63. The van der Waals surface area contributed by atoms with Gasteiger partial charge in [-0.15, -0.1) is 0 Å². The second-order valence-corrected chi connectivity index (χ2v) is 7.24. The fourth-order valence-corrected chi connectivity index (χ4v) is 4.26. The number of piperidine rings is 1. The molecule has 1 saturated heterocycles. The first-order valence-electron chi connectivity index (χ1n) is 9.30. The van der Waals surface area contributed by atoms with Crippen LogP contribution in [0.15, 0.2) is 48.8 Å². The number of nitrogens with zero attached hydrogens (tertiary/aromatic N) is 2. The standard InChI is InChI=1S/C21H23N3O3/c1-22-19(25)18-13-21(16-6-2-3-7-17(16)27-18)8-11-24(12-9-21)20(26)15-5-4-10-23-14-15/h2-7,10,14,18H,8-9,11-13H2,1H3,(H,22,25). The number of hydrogen-bond acceptors (Lipinski definition) is 4. The van der Waals surface area contributed by atoms with E-state index in [2.05, 4.69) is 16.4 Å². The summed E-state index contributed by atoms with van der Waals surface area (Å²) in [6.07, 6.45) is 5.04. The number of pyridine rings is 1. The van der Waals surface area contributed by atoms with Crippen molar-refractivity contribution in [3.05, 3.63) is 59.9 Å². The Kier molecular flexibility index (Phi) is 4.56. The lowest BCUT2D eigenvalue weighted by molar-refractivity contribution is -0.129. The number of fused-ring (bicyclic) bond motifs is 2. The van der Waals surface area contributed by atoms with Crippen molar-refractivity contribution in [3.63, 3.8) is 0 Å². The molecule has 6 nitrogen and oxygen atoms in total. The molecule has 0 saturated carbocycles. The van der Waals surface area contributed by atoms with E-state index in [-0.39, 0.29) is 17.2 Å². The number of nitrogens with one attached hydrogen (secondary N) is 1. The van der Waals surface area contributed by atoms with Crippen LogP contribution in [0.25, 0.3) is 0 Å². The number of hydrogen-bond donors (Lipinski definition) is 1. The first-order chi connectivity index (χ1) is 13.1. The van der Waals surface area contributed by atoms with Gasteiger partial charge < -0.3 is 15.0 Å². The zero-order valence-electron chi connectivity index (χ0n) is 15.4. The van der Waals surface area contributed by atoms with Gasteiger partial charge in [0.05, 0.1) is 5.56 Å². The van der Waals surface area contributed by atoms with Gasteiger partial charge in [-0.05, 0) is 31.0 Å². The number of likely N-dealkylation sites (N-methyl/N-ethyl adjacent to an activating group) is 1. The molecule has 2 aromatic rings. The molecule has 3 heterocycles. The average molecular weight is 365 g/mol. The Balaban J connectivity index is 1.57. The molecule has 27 heavy (non-hydrogen) atoms. The van der Waals surface area contributed by atoms with E-state index in [1.165, 1.54) is 0 Å². The Bertz CT molecular complexity index is 845. The van der Waals surface area contributed by atoms with Crippen molar-refractivity contribution in [2.45, 2.75) is 30.8 Å². The lowest BCUT2D eigenvalue weighted by Crippen LogP contribution is -2.51. The highest BCUT2D eigenvalue weighted by molar-refractivity contribution is 5.94. The van der Waals surface area contributed by atoms with Crippen LogP contribution >= 0.6 is 0 Å². The van der Waals surface area contributed by atoms with Crippen molar-refractivity contribution < 1.29 is 14.3 Å². The Labute approximate surface area is 158 Å². The number of aromatic nitrogens is 1. The monoisotopic (exact) mass is 365 g/mol. The van der Waals surface area contributed by atoms with Crippen LogP contribution in [-0.4, -0.2) is 47.9 Å². The second-order valence-electron chi connectivity index (χ2n) is 7.24. The van der Waals surface area contributed by atoms with Crippen LogP contribution in [0, 0.1) is 0 Å². The van der Waals surface area contributed by atoms with E-state index >= 15 is 0 Å². The van der Waals surface area contributed by atoms with Crippen molar-refractivity contribution >= 4 is 11.8 Å². The Morgan fingerprint density at radius 2 is 1.96 bits per heavy atom.